The molecular formula is C22H24N4O4. The molecule has 0 spiro atoms. The first kappa shape index (κ1) is 19.9. The Hall–Kier alpha value is -3.42. The van der Waals surface area contributed by atoms with Crippen LogP contribution in [0.5, 0.6) is 5.75 Å². The van der Waals surface area contributed by atoms with E-state index in [0.29, 0.717) is 36.9 Å². The summed E-state index contributed by atoms with van der Waals surface area (Å²) in [4.78, 5) is 37.0. The molecule has 1 aromatic carbocycles. The lowest BCUT2D eigenvalue weighted by Gasteiger charge is -2.25. The lowest BCUT2D eigenvalue weighted by molar-refractivity contribution is -0.137. The van der Waals surface area contributed by atoms with Gasteiger partial charge in [-0.25, -0.2) is 14.8 Å². The molecule has 0 aliphatic carbocycles. The topological polar surface area (TPSA) is 88.8 Å². The lowest BCUT2D eigenvalue weighted by atomic mass is 10.1. The second kappa shape index (κ2) is 8.52. The van der Waals surface area contributed by atoms with Gasteiger partial charge in [-0.3, -0.25) is 4.79 Å². The fraction of sp³-hybridized carbons (Fsp3) is 0.364. The fourth-order valence-corrected chi connectivity index (χ4v) is 3.68. The van der Waals surface area contributed by atoms with Crippen molar-refractivity contribution >= 4 is 22.8 Å². The van der Waals surface area contributed by atoms with E-state index in [9.17, 15) is 9.59 Å². The van der Waals surface area contributed by atoms with Gasteiger partial charge in [0.25, 0.3) is 5.91 Å². The second-order valence-corrected chi connectivity index (χ2v) is 7.38. The van der Waals surface area contributed by atoms with Crippen molar-refractivity contribution in [3.05, 3.63) is 58.7 Å². The number of carbonyl (C=O) groups excluding carboxylic acids is 1. The number of carbonyl (C=O) groups is 1. The average Bonchev–Trinajstić information content (AvgIpc) is 3.00. The van der Waals surface area contributed by atoms with E-state index in [2.05, 4.69) is 14.9 Å². The molecule has 0 bridgehead atoms. The van der Waals surface area contributed by atoms with Crippen LogP contribution in [-0.2, 0) is 4.79 Å². The van der Waals surface area contributed by atoms with E-state index in [1.807, 2.05) is 11.8 Å². The van der Waals surface area contributed by atoms with Crippen LogP contribution >= 0.6 is 0 Å². The van der Waals surface area contributed by atoms with Gasteiger partial charge in [0.05, 0.1) is 0 Å². The molecule has 30 heavy (non-hydrogen) atoms. The average molecular weight is 408 g/mol. The minimum Gasteiger partial charge on any atom is -0.481 e. The maximum atomic E-state index is 13.0. The van der Waals surface area contributed by atoms with Gasteiger partial charge in [0.2, 0.25) is 5.95 Å². The van der Waals surface area contributed by atoms with Crippen LogP contribution in [0.4, 0.5) is 5.95 Å². The van der Waals surface area contributed by atoms with E-state index < -0.39 is 6.10 Å². The summed E-state index contributed by atoms with van der Waals surface area (Å²) in [6.45, 7) is 6.34. The molecule has 156 valence electrons. The molecule has 1 atom stereocenters. The molecule has 1 amide bonds. The van der Waals surface area contributed by atoms with Gasteiger partial charge in [-0.15, -0.1) is 0 Å². The van der Waals surface area contributed by atoms with Gasteiger partial charge in [-0.1, -0.05) is 0 Å². The number of nitrogens with zero attached hydrogens (tertiary/aromatic N) is 4. The smallest absolute Gasteiger partial charge is 0.336 e. The van der Waals surface area contributed by atoms with Gasteiger partial charge in [0.15, 0.2) is 6.10 Å². The number of hydrogen-bond donors (Lipinski definition) is 0. The zero-order valence-electron chi connectivity index (χ0n) is 17.1. The quantitative estimate of drug-likeness (QED) is 0.613. The molecule has 1 saturated heterocycles. The molecule has 0 radical (unpaired) electrons. The predicted molar refractivity (Wildman–Crippen MR) is 113 cm³/mol. The van der Waals surface area contributed by atoms with Gasteiger partial charge >= 0.3 is 5.63 Å². The van der Waals surface area contributed by atoms with Crippen molar-refractivity contribution in [3.8, 4) is 5.75 Å². The van der Waals surface area contributed by atoms with Crippen LogP contribution in [-0.4, -0.2) is 53.1 Å². The Morgan fingerprint density at radius 1 is 1.13 bits per heavy atom. The Balaban J connectivity index is 1.42. The lowest BCUT2D eigenvalue weighted by Crippen LogP contribution is -2.42. The van der Waals surface area contributed by atoms with E-state index in [1.165, 1.54) is 6.07 Å². The van der Waals surface area contributed by atoms with E-state index >= 15 is 0 Å². The minimum atomic E-state index is -0.627. The van der Waals surface area contributed by atoms with Gasteiger partial charge in [-0.05, 0) is 50.1 Å². The number of aryl methyl sites for hydroxylation is 1. The summed E-state index contributed by atoms with van der Waals surface area (Å²) < 4.78 is 11.1. The highest BCUT2D eigenvalue weighted by Gasteiger charge is 2.25. The molecule has 3 heterocycles. The number of fused-ring (bicyclic) bond motifs is 1. The largest absolute Gasteiger partial charge is 0.481 e. The molecule has 2 aromatic heterocycles. The molecule has 8 nitrogen and oxygen atoms in total. The van der Waals surface area contributed by atoms with Crippen LogP contribution in [0.2, 0.25) is 0 Å². The summed E-state index contributed by atoms with van der Waals surface area (Å²) in [7, 11) is 0. The zero-order chi connectivity index (χ0) is 21.1. The summed E-state index contributed by atoms with van der Waals surface area (Å²) >= 11 is 0. The SMILES string of the molecule is Cc1cc(=O)oc2ccc(OC(C)C(=O)N3CCCN(c4ncccn4)CC3)cc12. The van der Waals surface area contributed by atoms with Crippen LogP contribution in [0.25, 0.3) is 11.0 Å². The van der Waals surface area contributed by atoms with Gasteiger partial charge < -0.3 is 19.0 Å². The third-order valence-corrected chi connectivity index (χ3v) is 5.22. The standard InChI is InChI=1S/C22H24N4O4/c1-15-13-20(27)30-19-6-5-17(14-18(15)19)29-16(2)21(28)25-9-4-10-26(12-11-25)22-23-7-3-8-24-22/h3,5-8,13-14,16H,4,9-12H2,1-2H3. The van der Waals surface area contributed by atoms with Crippen molar-refractivity contribution in [3.63, 3.8) is 0 Å². The fourth-order valence-electron chi connectivity index (χ4n) is 3.68. The van der Waals surface area contributed by atoms with Crippen LogP contribution < -0.4 is 15.3 Å². The molecule has 8 heteroatoms. The molecule has 4 rings (SSSR count). The number of ether oxygens (including phenoxy) is 1. The first-order chi connectivity index (χ1) is 14.5. The Kier molecular flexibility index (Phi) is 5.65. The second-order valence-electron chi connectivity index (χ2n) is 7.38. The van der Waals surface area contributed by atoms with E-state index in [-0.39, 0.29) is 11.5 Å². The van der Waals surface area contributed by atoms with Gasteiger partial charge in [0.1, 0.15) is 11.3 Å². The van der Waals surface area contributed by atoms with Crippen molar-refractivity contribution in [2.75, 3.05) is 31.1 Å². The number of rotatable bonds is 4. The summed E-state index contributed by atoms with van der Waals surface area (Å²) in [6.07, 6.45) is 3.66. The Morgan fingerprint density at radius 3 is 2.73 bits per heavy atom. The highest BCUT2D eigenvalue weighted by Crippen LogP contribution is 2.23. The van der Waals surface area contributed by atoms with Crippen molar-refractivity contribution in [2.24, 2.45) is 0 Å². The Morgan fingerprint density at radius 2 is 1.93 bits per heavy atom. The van der Waals surface area contributed by atoms with Crippen molar-refractivity contribution < 1.29 is 13.9 Å². The van der Waals surface area contributed by atoms with E-state index in [1.54, 1.807) is 43.6 Å². The van der Waals surface area contributed by atoms with Crippen molar-refractivity contribution in [1.82, 2.24) is 14.9 Å². The van der Waals surface area contributed by atoms with Crippen LogP contribution in [0, 0.1) is 6.92 Å². The molecule has 1 unspecified atom stereocenters. The van der Waals surface area contributed by atoms with Gasteiger partial charge in [0, 0.05) is 50.0 Å². The molecule has 1 aliphatic heterocycles. The van der Waals surface area contributed by atoms with Crippen LogP contribution in [0.15, 0.2) is 51.9 Å². The van der Waals surface area contributed by atoms with Gasteiger partial charge in [-0.2, -0.15) is 0 Å². The summed E-state index contributed by atoms with van der Waals surface area (Å²) in [5, 5.41) is 0.792. The Labute approximate surface area is 174 Å². The number of anilines is 1. The minimum absolute atomic E-state index is 0.0535. The van der Waals surface area contributed by atoms with E-state index in [0.717, 1.165) is 23.9 Å². The molecule has 1 aliphatic rings. The molecule has 3 aromatic rings. The number of amides is 1. The molecule has 0 saturated carbocycles. The third-order valence-electron chi connectivity index (χ3n) is 5.22. The highest BCUT2D eigenvalue weighted by atomic mass is 16.5. The molecule has 1 fully saturated rings. The van der Waals surface area contributed by atoms with Crippen molar-refractivity contribution in [2.45, 2.75) is 26.4 Å². The number of benzene rings is 1. The van der Waals surface area contributed by atoms with Crippen LogP contribution in [0.1, 0.15) is 18.9 Å². The zero-order valence-corrected chi connectivity index (χ0v) is 17.1. The highest BCUT2D eigenvalue weighted by molar-refractivity contribution is 5.83. The number of hydrogen-bond acceptors (Lipinski definition) is 7. The first-order valence-corrected chi connectivity index (χ1v) is 10.0. The molecule has 0 N–H and O–H groups in total. The predicted octanol–water partition coefficient (Wildman–Crippen LogP) is 2.40. The first-order valence-electron chi connectivity index (χ1n) is 10.0. The summed E-state index contributed by atoms with van der Waals surface area (Å²) in [5.74, 6) is 1.20. The third kappa shape index (κ3) is 4.27. The van der Waals surface area contributed by atoms with Crippen LogP contribution in [0.3, 0.4) is 0 Å². The normalized spacial score (nSPS) is 15.7. The molecular weight excluding hydrogens is 384 g/mol. The number of aromatic nitrogens is 2. The maximum Gasteiger partial charge on any atom is 0.336 e. The Bertz CT molecular complexity index is 1100. The summed E-state index contributed by atoms with van der Waals surface area (Å²) in [5.41, 5.74) is 0.928. The van der Waals surface area contributed by atoms with E-state index in [4.69, 9.17) is 9.15 Å². The maximum absolute atomic E-state index is 13.0. The summed E-state index contributed by atoms with van der Waals surface area (Å²) in [6, 6.07) is 8.44. The monoisotopic (exact) mass is 408 g/mol. The van der Waals surface area contributed by atoms with Crippen molar-refractivity contribution in [1.29, 1.82) is 0 Å².